The van der Waals surface area contributed by atoms with Crippen molar-refractivity contribution in [2.45, 2.75) is 6.42 Å². The van der Waals surface area contributed by atoms with Crippen LogP contribution in [0.25, 0.3) is 0 Å². The van der Waals surface area contributed by atoms with Crippen molar-refractivity contribution in [3.63, 3.8) is 0 Å². The monoisotopic (exact) mass is 136 g/mol. The van der Waals surface area contributed by atoms with Gasteiger partial charge in [0.15, 0.2) is 0 Å². The van der Waals surface area contributed by atoms with Gasteiger partial charge in [-0.15, -0.1) is 0 Å². The van der Waals surface area contributed by atoms with Crippen LogP contribution in [0.2, 0.25) is 0 Å². The van der Waals surface area contributed by atoms with E-state index in [1.165, 1.54) is 0 Å². The summed E-state index contributed by atoms with van der Waals surface area (Å²) in [5.74, 6) is 0. The molecule has 0 atom stereocenters. The van der Waals surface area contributed by atoms with Gasteiger partial charge in [0, 0.05) is 13.0 Å². The van der Waals surface area contributed by atoms with E-state index >= 15 is 0 Å². The topological polar surface area (TPSA) is 46.5 Å². The van der Waals surface area contributed by atoms with Crippen LogP contribution in [0.3, 0.4) is 0 Å². The van der Waals surface area contributed by atoms with Crippen LogP contribution in [0.5, 0.6) is 0 Å². The van der Waals surface area contributed by atoms with E-state index in [1.54, 1.807) is 0 Å². The van der Waals surface area contributed by atoms with Gasteiger partial charge in [-0.2, -0.15) is 0 Å². The Hall–Kier alpha value is -0.220. The molecule has 0 aromatic rings. The SMILES string of the molecule is O=C(S)OCCCO. The van der Waals surface area contributed by atoms with Gasteiger partial charge in [-0.25, -0.2) is 4.79 Å². The number of carbonyl (C=O) groups is 1. The number of aliphatic hydroxyl groups is 1. The third-order valence-corrected chi connectivity index (χ3v) is 0.657. The molecule has 0 radical (unpaired) electrons. The zero-order valence-corrected chi connectivity index (χ0v) is 5.23. The molecule has 0 aliphatic carbocycles. The molecule has 0 aromatic carbocycles. The Labute approximate surface area is 53.1 Å². The van der Waals surface area contributed by atoms with Crippen LogP contribution in [0.15, 0.2) is 0 Å². The predicted molar refractivity (Wildman–Crippen MR) is 32.0 cm³/mol. The van der Waals surface area contributed by atoms with E-state index in [0.717, 1.165) is 0 Å². The Kier molecular flexibility index (Phi) is 4.79. The normalized spacial score (nSPS) is 8.75. The third kappa shape index (κ3) is 5.78. The molecule has 8 heavy (non-hydrogen) atoms. The fraction of sp³-hybridized carbons (Fsp3) is 0.750. The highest BCUT2D eigenvalue weighted by atomic mass is 32.1. The number of thiol groups is 1. The molecule has 0 fully saturated rings. The summed E-state index contributed by atoms with van der Waals surface area (Å²) in [4.78, 5) is 9.88. The number of hydrogen-bond donors (Lipinski definition) is 2. The first-order valence-electron chi connectivity index (χ1n) is 2.24. The summed E-state index contributed by atoms with van der Waals surface area (Å²) >= 11 is 3.33. The Morgan fingerprint density at radius 2 is 2.38 bits per heavy atom. The fourth-order valence-electron chi connectivity index (χ4n) is 0.224. The quantitative estimate of drug-likeness (QED) is 0.336. The minimum atomic E-state index is -0.599. The van der Waals surface area contributed by atoms with Crippen molar-refractivity contribution in [3.8, 4) is 0 Å². The third-order valence-electron chi connectivity index (χ3n) is 0.528. The van der Waals surface area contributed by atoms with Gasteiger partial charge in [0.05, 0.1) is 6.61 Å². The van der Waals surface area contributed by atoms with Gasteiger partial charge in [0.25, 0.3) is 0 Å². The van der Waals surface area contributed by atoms with Crippen LogP contribution >= 0.6 is 12.6 Å². The number of rotatable bonds is 3. The average Bonchev–Trinajstić information content (AvgIpc) is 1.66. The number of hydrogen-bond acceptors (Lipinski definition) is 3. The molecule has 3 nitrogen and oxygen atoms in total. The molecule has 0 saturated carbocycles. The van der Waals surface area contributed by atoms with E-state index in [1.807, 2.05) is 0 Å². The molecule has 0 aliphatic heterocycles. The van der Waals surface area contributed by atoms with E-state index < -0.39 is 5.30 Å². The largest absolute Gasteiger partial charge is 0.458 e. The summed E-state index contributed by atoms with van der Waals surface area (Å²) in [5.41, 5.74) is 0. The lowest BCUT2D eigenvalue weighted by Gasteiger charge is -1.95. The standard InChI is InChI=1S/C4H8O3S/c5-2-1-3-7-4(6)8/h5H,1-3H2,(H,6,8). The molecule has 1 N–H and O–H groups in total. The zero-order valence-electron chi connectivity index (χ0n) is 4.33. The van der Waals surface area contributed by atoms with Crippen molar-refractivity contribution in [2.75, 3.05) is 13.2 Å². The molecule has 4 heteroatoms. The molecule has 0 bridgehead atoms. The van der Waals surface area contributed by atoms with E-state index in [0.29, 0.717) is 6.42 Å². The maximum absolute atomic E-state index is 9.88. The van der Waals surface area contributed by atoms with Crippen molar-refractivity contribution in [3.05, 3.63) is 0 Å². The van der Waals surface area contributed by atoms with Gasteiger partial charge in [-0.1, -0.05) is 12.6 Å². The van der Waals surface area contributed by atoms with Gasteiger partial charge < -0.3 is 9.84 Å². The molecule has 0 rings (SSSR count). The van der Waals surface area contributed by atoms with Gasteiger partial charge in [0.2, 0.25) is 0 Å². The molecule has 48 valence electrons. The minimum absolute atomic E-state index is 0.0427. The van der Waals surface area contributed by atoms with Crippen molar-refractivity contribution in [1.82, 2.24) is 0 Å². The highest BCUT2D eigenvalue weighted by molar-refractivity contribution is 7.96. The van der Waals surface area contributed by atoms with Gasteiger partial charge >= 0.3 is 5.30 Å². The van der Waals surface area contributed by atoms with Gasteiger partial charge in [-0.3, -0.25) is 0 Å². The summed E-state index contributed by atoms with van der Waals surface area (Å²) in [7, 11) is 0. The second-order valence-corrected chi connectivity index (χ2v) is 1.56. The minimum Gasteiger partial charge on any atom is -0.458 e. The van der Waals surface area contributed by atoms with Gasteiger partial charge in [-0.05, 0) is 0 Å². The first kappa shape index (κ1) is 7.78. The lowest BCUT2D eigenvalue weighted by molar-refractivity contribution is 0.161. The van der Waals surface area contributed by atoms with E-state index in [2.05, 4.69) is 17.4 Å². The van der Waals surface area contributed by atoms with Gasteiger partial charge in [0.1, 0.15) is 0 Å². The summed E-state index contributed by atoms with van der Waals surface area (Å²) < 4.78 is 4.35. The summed E-state index contributed by atoms with van der Waals surface area (Å²) in [6, 6.07) is 0. The first-order chi connectivity index (χ1) is 3.77. The highest BCUT2D eigenvalue weighted by Gasteiger charge is 1.89. The number of aliphatic hydroxyl groups excluding tert-OH is 1. The van der Waals surface area contributed by atoms with Crippen LogP contribution in [-0.2, 0) is 4.74 Å². The Balaban J connectivity index is 2.82. The lowest BCUT2D eigenvalue weighted by Crippen LogP contribution is -1.98. The smallest absolute Gasteiger partial charge is 0.364 e. The first-order valence-corrected chi connectivity index (χ1v) is 2.68. The Morgan fingerprint density at radius 1 is 1.75 bits per heavy atom. The van der Waals surface area contributed by atoms with E-state index in [4.69, 9.17) is 5.11 Å². The van der Waals surface area contributed by atoms with Crippen molar-refractivity contribution < 1.29 is 14.6 Å². The van der Waals surface area contributed by atoms with Crippen LogP contribution in [0.1, 0.15) is 6.42 Å². The average molecular weight is 136 g/mol. The number of ether oxygens (including phenoxy) is 1. The Bertz CT molecular complexity index is 73.7. The lowest BCUT2D eigenvalue weighted by atomic mass is 10.5. The van der Waals surface area contributed by atoms with Crippen LogP contribution < -0.4 is 0 Å². The molecular formula is C4H8O3S. The van der Waals surface area contributed by atoms with Crippen molar-refractivity contribution >= 4 is 17.9 Å². The summed E-state index contributed by atoms with van der Waals surface area (Å²) in [5, 5.41) is 7.56. The molecular weight excluding hydrogens is 128 g/mol. The van der Waals surface area contributed by atoms with E-state index in [9.17, 15) is 4.79 Å². The van der Waals surface area contributed by atoms with Crippen LogP contribution in [0, 0.1) is 0 Å². The summed E-state index contributed by atoms with van der Waals surface area (Å²) in [6.45, 7) is 0.292. The molecule has 0 aromatic heterocycles. The highest BCUT2D eigenvalue weighted by Crippen LogP contribution is 1.86. The van der Waals surface area contributed by atoms with Crippen LogP contribution in [0.4, 0.5) is 4.79 Å². The number of carbonyl (C=O) groups excluding carboxylic acids is 1. The maximum Gasteiger partial charge on any atom is 0.364 e. The zero-order chi connectivity index (χ0) is 6.41. The molecule has 0 heterocycles. The predicted octanol–water partition coefficient (Wildman–Crippen LogP) is 0.435. The Morgan fingerprint density at radius 3 is 2.75 bits per heavy atom. The molecule has 0 spiro atoms. The van der Waals surface area contributed by atoms with Crippen LogP contribution in [-0.4, -0.2) is 23.6 Å². The van der Waals surface area contributed by atoms with E-state index in [-0.39, 0.29) is 13.2 Å². The second kappa shape index (κ2) is 4.93. The summed E-state index contributed by atoms with van der Waals surface area (Å²) in [6.07, 6.45) is 0.478. The van der Waals surface area contributed by atoms with Crippen molar-refractivity contribution in [2.24, 2.45) is 0 Å². The fourth-order valence-corrected chi connectivity index (χ4v) is 0.315. The molecule has 0 aliphatic rings. The molecule has 0 amide bonds. The maximum atomic E-state index is 9.88. The molecule has 0 unspecified atom stereocenters. The van der Waals surface area contributed by atoms with Crippen molar-refractivity contribution in [1.29, 1.82) is 0 Å². The second-order valence-electron chi connectivity index (χ2n) is 1.19. The molecule has 0 saturated heterocycles.